The SMILES string of the molecule is CCCC1CCC(C2CCC(c3cc(F)c(C(F)(F)Oc4cc(F)c(F)c(F)c4)c(F)c3)CC2)OC1. The number of ether oxygens (including phenoxy) is 2. The van der Waals surface area contributed by atoms with Gasteiger partial charge in [-0.2, -0.15) is 8.78 Å². The molecule has 2 aromatic carbocycles. The third-order valence-corrected chi connectivity index (χ3v) is 7.43. The van der Waals surface area contributed by atoms with Crippen LogP contribution in [0.15, 0.2) is 24.3 Å². The van der Waals surface area contributed by atoms with E-state index in [4.69, 9.17) is 4.74 Å². The van der Waals surface area contributed by atoms with Crippen molar-refractivity contribution in [2.24, 2.45) is 11.8 Å². The van der Waals surface area contributed by atoms with Gasteiger partial charge in [0.25, 0.3) is 0 Å². The fraction of sp³-hybridized carbons (Fsp3) is 0.556. The Kier molecular flexibility index (Phi) is 8.17. The van der Waals surface area contributed by atoms with Crippen LogP contribution in [0.3, 0.4) is 0 Å². The highest BCUT2D eigenvalue weighted by atomic mass is 19.3. The standard InChI is InChI=1S/C27H29F7O2/c1-2-3-15-4-9-24(35-14-15)17-7-5-16(6-8-17)18-10-20(28)25(21(29)11-18)27(33,34)36-19-12-22(30)26(32)23(31)13-19/h10-13,15-17,24H,2-9,14H2,1H3. The number of halogens is 7. The van der Waals surface area contributed by atoms with Gasteiger partial charge in [-0.1, -0.05) is 13.3 Å². The topological polar surface area (TPSA) is 18.5 Å². The zero-order valence-corrected chi connectivity index (χ0v) is 19.9. The predicted octanol–water partition coefficient (Wildman–Crippen LogP) is 8.38. The van der Waals surface area contributed by atoms with E-state index in [0.29, 0.717) is 24.7 Å². The Balaban J connectivity index is 1.42. The van der Waals surface area contributed by atoms with Crippen molar-refractivity contribution in [1.82, 2.24) is 0 Å². The Hall–Kier alpha value is -2.29. The molecule has 0 amide bonds. The molecule has 2 fully saturated rings. The first-order valence-electron chi connectivity index (χ1n) is 12.4. The molecule has 2 aliphatic rings. The lowest BCUT2D eigenvalue weighted by Gasteiger charge is -2.38. The molecule has 0 bridgehead atoms. The quantitative estimate of drug-likeness (QED) is 0.271. The normalized spacial score (nSPS) is 25.1. The number of rotatable bonds is 7. The molecule has 0 spiro atoms. The predicted molar refractivity (Wildman–Crippen MR) is 119 cm³/mol. The molecule has 4 rings (SSSR count). The molecule has 0 radical (unpaired) electrons. The summed E-state index contributed by atoms with van der Waals surface area (Å²) in [7, 11) is 0. The zero-order chi connectivity index (χ0) is 26.0. The average Bonchev–Trinajstić information content (AvgIpc) is 2.82. The van der Waals surface area contributed by atoms with Crippen LogP contribution < -0.4 is 4.74 Å². The van der Waals surface area contributed by atoms with Crippen molar-refractivity contribution >= 4 is 0 Å². The fourth-order valence-corrected chi connectivity index (χ4v) is 5.56. The van der Waals surface area contributed by atoms with E-state index in [0.717, 1.165) is 57.3 Å². The first kappa shape index (κ1) is 26.8. The van der Waals surface area contributed by atoms with Gasteiger partial charge < -0.3 is 9.47 Å². The second-order valence-electron chi connectivity index (χ2n) is 9.89. The van der Waals surface area contributed by atoms with E-state index in [1.807, 2.05) is 0 Å². The molecule has 1 aliphatic carbocycles. The maximum atomic E-state index is 14.7. The van der Waals surface area contributed by atoms with E-state index in [9.17, 15) is 30.7 Å². The summed E-state index contributed by atoms with van der Waals surface area (Å²) in [5.41, 5.74) is -1.41. The van der Waals surface area contributed by atoms with Crippen LogP contribution in [0, 0.1) is 40.9 Å². The minimum atomic E-state index is -4.59. The van der Waals surface area contributed by atoms with Gasteiger partial charge in [-0.05, 0) is 80.4 Å². The molecule has 1 aliphatic heterocycles. The lowest BCUT2D eigenvalue weighted by molar-refractivity contribution is -0.189. The summed E-state index contributed by atoms with van der Waals surface area (Å²) >= 11 is 0. The Morgan fingerprint density at radius 1 is 0.833 bits per heavy atom. The summed E-state index contributed by atoms with van der Waals surface area (Å²) in [6, 6.07) is 2.07. The van der Waals surface area contributed by atoms with E-state index in [-0.39, 0.29) is 29.7 Å². The lowest BCUT2D eigenvalue weighted by Crippen LogP contribution is -2.34. The van der Waals surface area contributed by atoms with Crippen molar-refractivity contribution < 1.29 is 40.2 Å². The van der Waals surface area contributed by atoms with Gasteiger partial charge in [-0.3, -0.25) is 0 Å². The number of benzene rings is 2. The summed E-state index contributed by atoms with van der Waals surface area (Å²) in [6.45, 7) is 2.93. The van der Waals surface area contributed by atoms with Crippen molar-refractivity contribution in [2.75, 3.05) is 6.61 Å². The molecule has 1 saturated carbocycles. The van der Waals surface area contributed by atoms with Crippen LogP contribution in [0.5, 0.6) is 5.75 Å². The second kappa shape index (κ2) is 11.0. The number of hydrogen-bond acceptors (Lipinski definition) is 2. The molecule has 2 nitrogen and oxygen atoms in total. The van der Waals surface area contributed by atoms with Crippen molar-refractivity contribution in [3.63, 3.8) is 0 Å². The Bertz CT molecular complexity index is 1010. The largest absolute Gasteiger partial charge is 0.432 e. The summed E-state index contributed by atoms with van der Waals surface area (Å²) in [5.74, 6) is -8.80. The molecule has 0 aromatic heterocycles. The van der Waals surface area contributed by atoms with Crippen LogP contribution in [-0.2, 0) is 10.8 Å². The molecular formula is C27H29F7O2. The zero-order valence-electron chi connectivity index (χ0n) is 19.9. The number of hydrogen-bond donors (Lipinski definition) is 0. The van der Waals surface area contributed by atoms with Crippen LogP contribution in [0.1, 0.15) is 75.3 Å². The van der Waals surface area contributed by atoms with Crippen molar-refractivity contribution in [1.29, 1.82) is 0 Å². The third kappa shape index (κ3) is 5.82. The monoisotopic (exact) mass is 518 g/mol. The van der Waals surface area contributed by atoms with Gasteiger partial charge in [0.05, 0.1) is 6.10 Å². The van der Waals surface area contributed by atoms with Crippen molar-refractivity contribution in [2.45, 2.75) is 76.4 Å². The molecule has 1 saturated heterocycles. The van der Waals surface area contributed by atoms with Gasteiger partial charge in [-0.15, -0.1) is 0 Å². The van der Waals surface area contributed by atoms with Crippen LogP contribution in [0.4, 0.5) is 30.7 Å². The van der Waals surface area contributed by atoms with Gasteiger partial charge in [-0.25, -0.2) is 22.0 Å². The minimum Gasteiger partial charge on any atom is -0.429 e. The highest BCUT2D eigenvalue weighted by molar-refractivity contribution is 5.33. The maximum absolute atomic E-state index is 14.7. The van der Waals surface area contributed by atoms with E-state index in [2.05, 4.69) is 11.7 Å². The first-order chi connectivity index (χ1) is 17.1. The van der Waals surface area contributed by atoms with Crippen LogP contribution in [-0.4, -0.2) is 12.7 Å². The van der Waals surface area contributed by atoms with E-state index >= 15 is 0 Å². The van der Waals surface area contributed by atoms with Crippen LogP contribution in [0.25, 0.3) is 0 Å². The van der Waals surface area contributed by atoms with Gasteiger partial charge in [0.15, 0.2) is 17.5 Å². The van der Waals surface area contributed by atoms with E-state index in [1.165, 1.54) is 0 Å². The van der Waals surface area contributed by atoms with Gasteiger partial charge >= 0.3 is 6.11 Å². The van der Waals surface area contributed by atoms with Gasteiger partial charge in [0.1, 0.15) is 22.9 Å². The Labute approximate surface area is 205 Å². The summed E-state index contributed by atoms with van der Waals surface area (Å²) in [6.07, 6.45) is 3.00. The molecule has 2 unspecified atom stereocenters. The molecule has 2 atom stereocenters. The fourth-order valence-electron chi connectivity index (χ4n) is 5.56. The van der Waals surface area contributed by atoms with E-state index < -0.39 is 46.5 Å². The molecule has 1 heterocycles. The third-order valence-electron chi connectivity index (χ3n) is 7.43. The summed E-state index contributed by atoms with van der Waals surface area (Å²) in [4.78, 5) is 0. The average molecular weight is 519 g/mol. The van der Waals surface area contributed by atoms with Crippen LogP contribution >= 0.6 is 0 Å². The molecular weight excluding hydrogens is 489 g/mol. The van der Waals surface area contributed by atoms with Crippen LogP contribution in [0.2, 0.25) is 0 Å². The molecule has 2 aromatic rings. The summed E-state index contributed by atoms with van der Waals surface area (Å²) in [5, 5.41) is 0. The van der Waals surface area contributed by atoms with Gasteiger partial charge in [0.2, 0.25) is 0 Å². The first-order valence-corrected chi connectivity index (χ1v) is 12.4. The lowest BCUT2D eigenvalue weighted by atomic mass is 9.75. The minimum absolute atomic E-state index is 0.176. The smallest absolute Gasteiger partial charge is 0.429 e. The second-order valence-corrected chi connectivity index (χ2v) is 9.89. The number of alkyl halides is 2. The van der Waals surface area contributed by atoms with Crippen molar-refractivity contribution in [3.8, 4) is 5.75 Å². The molecule has 36 heavy (non-hydrogen) atoms. The van der Waals surface area contributed by atoms with Crippen molar-refractivity contribution in [3.05, 3.63) is 64.5 Å². The highest BCUT2D eigenvalue weighted by Gasteiger charge is 2.42. The highest BCUT2D eigenvalue weighted by Crippen LogP contribution is 2.42. The van der Waals surface area contributed by atoms with Gasteiger partial charge in [0, 0.05) is 18.7 Å². The molecule has 198 valence electrons. The summed E-state index contributed by atoms with van der Waals surface area (Å²) < 4.78 is 109. The maximum Gasteiger partial charge on any atom is 0.432 e. The molecule has 0 N–H and O–H groups in total. The van der Waals surface area contributed by atoms with E-state index in [1.54, 1.807) is 0 Å². The molecule has 9 heteroatoms. The Morgan fingerprint density at radius 3 is 1.97 bits per heavy atom. The Morgan fingerprint density at radius 2 is 1.44 bits per heavy atom.